The summed E-state index contributed by atoms with van der Waals surface area (Å²) in [6.07, 6.45) is 8.72. The lowest BCUT2D eigenvalue weighted by Gasteiger charge is -2.31. The first-order chi connectivity index (χ1) is 17.3. The van der Waals surface area contributed by atoms with Crippen molar-refractivity contribution in [3.05, 3.63) is 75.1 Å². The maximum atomic E-state index is 13.9. The summed E-state index contributed by atoms with van der Waals surface area (Å²) in [6.45, 7) is 7.42. The van der Waals surface area contributed by atoms with Gasteiger partial charge in [0.15, 0.2) is 11.8 Å². The fourth-order valence-corrected chi connectivity index (χ4v) is 4.99. The number of carbonyl (C=O) groups is 1. The number of aromatic nitrogens is 2. The molecule has 1 aromatic carbocycles. The quantitative estimate of drug-likeness (QED) is 0.205. The van der Waals surface area contributed by atoms with E-state index in [0.29, 0.717) is 5.56 Å². The molecule has 0 saturated carbocycles. The normalized spacial score (nSPS) is 20.8. The predicted molar refractivity (Wildman–Crippen MR) is 136 cm³/mol. The van der Waals surface area contributed by atoms with Gasteiger partial charge in [0.05, 0.1) is 6.10 Å². The number of nitrogens with one attached hydrogen (secondary N) is 2. The van der Waals surface area contributed by atoms with Crippen molar-refractivity contribution in [3.8, 4) is 18.1 Å². The predicted octanol–water partition coefficient (Wildman–Crippen LogP) is 2.83. The van der Waals surface area contributed by atoms with Crippen LogP contribution in [0.25, 0.3) is 0 Å². The zero-order valence-electron chi connectivity index (χ0n) is 21.2. The Morgan fingerprint density at radius 3 is 2.62 bits per heavy atom. The van der Waals surface area contributed by atoms with Gasteiger partial charge in [0, 0.05) is 11.8 Å². The number of benzene rings is 1. The van der Waals surface area contributed by atoms with E-state index < -0.39 is 55.0 Å². The van der Waals surface area contributed by atoms with E-state index in [-0.39, 0.29) is 5.75 Å². The summed E-state index contributed by atoms with van der Waals surface area (Å²) >= 11 is 0. The second-order valence-corrected chi connectivity index (χ2v) is 10.9. The van der Waals surface area contributed by atoms with Crippen molar-refractivity contribution < 1.29 is 27.9 Å². The number of hydrogen-bond donors (Lipinski definition) is 2. The number of hydrogen-bond acceptors (Lipinski definition) is 8. The lowest BCUT2D eigenvalue weighted by atomic mass is 10.1. The molecule has 0 bridgehead atoms. The summed E-state index contributed by atoms with van der Waals surface area (Å²) in [6, 6.07) is 8.25. The molecule has 0 spiro atoms. The second kappa shape index (κ2) is 10.9. The highest BCUT2D eigenvalue weighted by atomic mass is 31.2. The van der Waals surface area contributed by atoms with E-state index in [4.69, 9.17) is 24.9 Å². The van der Waals surface area contributed by atoms with Gasteiger partial charge in [-0.05, 0) is 58.9 Å². The van der Waals surface area contributed by atoms with Crippen molar-refractivity contribution in [2.75, 3.05) is 6.61 Å². The third-order valence-electron chi connectivity index (χ3n) is 5.21. The molecule has 0 saturated heterocycles. The second-order valence-electron chi connectivity index (χ2n) is 9.25. The van der Waals surface area contributed by atoms with E-state index in [1.54, 1.807) is 51.1 Å². The molecule has 1 aromatic heterocycles. The van der Waals surface area contributed by atoms with Crippen LogP contribution >= 0.6 is 7.75 Å². The van der Waals surface area contributed by atoms with E-state index in [1.165, 1.54) is 32.2 Å². The van der Waals surface area contributed by atoms with E-state index in [9.17, 15) is 18.9 Å². The van der Waals surface area contributed by atoms with Gasteiger partial charge in [-0.25, -0.2) is 9.36 Å². The van der Waals surface area contributed by atoms with Crippen molar-refractivity contribution >= 4 is 13.7 Å². The molecule has 198 valence electrons. The number of aromatic amines is 1. The van der Waals surface area contributed by atoms with Crippen molar-refractivity contribution in [1.29, 1.82) is 0 Å². The number of H-pyrrole nitrogens is 1. The Morgan fingerprint density at radius 2 is 2.00 bits per heavy atom. The summed E-state index contributed by atoms with van der Waals surface area (Å²) in [7, 11) is -4.26. The highest BCUT2D eigenvalue weighted by Gasteiger charge is 2.44. The molecule has 2 N–H and O–H groups in total. The van der Waals surface area contributed by atoms with Gasteiger partial charge >= 0.3 is 19.4 Å². The van der Waals surface area contributed by atoms with Gasteiger partial charge in [-0.15, -0.1) is 6.42 Å². The first-order valence-corrected chi connectivity index (χ1v) is 13.0. The molecule has 37 heavy (non-hydrogen) atoms. The van der Waals surface area contributed by atoms with Gasteiger partial charge in [0.1, 0.15) is 17.9 Å². The fraction of sp³-hybridized carbons (Fsp3) is 0.400. The van der Waals surface area contributed by atoms with Crippen LogP contribution in [0.2, 0.25) is 0 Å². The zero-order chi connectivity index (χ0) is 27.4. The maximum absolute atomic E-state index is 13.9. The number of rotatable bonds is 10. The molecule has 1 aliphatic heterocycles. The molecule has 2 heterocycles. The van der Waals surface area contributed by atoms with Crippen LogP contribution in [-0.4, -0.2) is 39.4 Å². The molecule has 12 heteroatoms. The van der Waals surface area contributed by atoms with E-state index in [2.05, 4.69) is 16.0 Å². The van der Waals surface area contributed by atoms with Crippen LogP contribution in [0, 0.1) is 19.3 Å². The molecule has 1 unspecified atom stereocenters. The number of terminal acetylenes is 1. The zero-order valence-corrected chi connectivity index (χ0v) is 22.1. The summed E-state index contributed by atoms with van der Waals surface area (Å²) in [4.78, 5) is 38.8. The number of aryl methyl sites for hydroxylation is 1. The molecular weight excluding hydrogens is 501 g/mol. The molecule has 3 atom stereocenters. The highest BCUT2D eigenvalue weighted by molar-refractivity contribution is 7.52. The monoisotopic (exact) mass is 531 g/mol. The van der Waals surface area contributed by atoms with Crippen LogP contribution in [-0.2, 0) is 23.4 Å². The standard InChI is InChI=1S/C25H30N3O8P/c1-7-25(14-13-20(35-25)28-15-18(4)21(29)26-23(28)31)16-33-37(32,36-19-11-9-8-10-12-19)27-24(5,6)22(30)34-17(2)3/h1,8-15,17,20H,16H2,2-6H3,(H,27,32)(H,26,29,31)/t20-,25+,37?/m1/s1. The van der Waals surface area contributed by atoms with Crippen molar-refractivity contribution in [3.63, 3.8) is 0 Å². The molecule has 0 fully saturated rings. The summed E-state index contributed by atoms with van der Waals surface area (Å²) in [5, 5.41) is 2.65. The Kier molecular flexibility index (Phi) is 8.30. The lowest BCUT2D eigenvalue weighted by molar-refractivity contribution is -0.153. The first-order valence-electron chi connectivity index (χ1n) is 11.4. The Balaban J connectivity index is 1.84. The topological polar surface area (TPSA) is 138 Å². The maximum Gasteiger partial charge on any atom is 0.459 e. The van der Waals surface area contributed by atoms with Gasteiger partial charge in [0.25, 0.3) is 5.56 Å². The number of nitrogens with zero attached hydrogens (tertiary/aromatic N) is 1. The fourth-order valence-electron chi connectivity index (χ4n) is 3.29. The highest BCUT2D eigenvalue weighted by Crippen LogP contribution is 2.48. The smallest absolute Gasteiger partial charge is 0.459 e. The minimum atomic E-state index is -4.26. The van der Waals surface area contributed by atoms with Crippen molar-refractivity contribution in [2.24, 2.45) is 0 Å². The molecule has 0 aliphatic carbocycles. The molecule has 0 amide bonds. The Morgan fingerprint density at radius 1 is 1.32 bits per heavy atom. The van der Waals surface area contributed by atoms with Gasteiger partial charge in [-0.1, -0.05) is 24.1 Å². The molecule has 1 aliphatic rings. The van der Waals surface area contributed by atoms with Gasteiger partial charge in [-0.3, -0.25) is 23.7 Å². The lowest BCUT2D eigenvalue weighted by Crippen LogP contribution is -2.48. The number of carbonyl (C=O) groups excluding carboxylic acids is 1. The third-order valence-corrected chi connectivity index (χ3v) is 6.97. The largest absolute Gasteiger partial charge is 0.462 e. The van der Waals surface area contributed by atoms with Gasteiger partial charge < -0.3 is 14.0 Å². The van der Waals surface area contributed by atoms with Gasteiger partial charge in [-0.2, -0.15) is 5.09 Å². The summed E-state index contributed by atoms with van der Waals surface area (Å²) in [5.41, 5.74) is -3.91. The SMILES string of the molecule is C#C[C@@]1(COP(=O)(NC(C)(C)C(=O)OC(C)C)Oc2ccccc2)C=C[C@H](n2cc(C)c(=O)[nH]c2=O)O1. The number of ether oxygens (including phenoxy) is 2. The Hall–Kier alpha value is -3.42. The Bertz CT molecular complexity index is 1370. The Labute approximate surface area is 214 Å². The van der Waals surface area contributed by atoms with E-state index in [0.717, 1.165) is 4.57 Å². The third kappa shape index (κ3) is 6.87. The molecule has 2 aromatic rings. The summed E-state index contributed by atoms with van der Waals surface area (Å²) < 4.78 is 37.6. The first kappa shape index (κ1) is 28.2. The molecular formula is C25H30N3O8P. The van der Waals surface area contributed by atoms with Gasteiger partial charge in [0.2, 0.25) is 0 Å². The average molecular weight is 532 g/mol. The van der Waals surface area contributed by atoms with Crippen LogP contribution in [0.15, 0.2) is 58.3 Å². The average Bonchev–Trinajstić information content (AvgIpc) is 3.25. The minimum Gasteiger partial charge on any atom is -0.462 e. The van der Waals surface area contributed by atoms with Crippen molar-refractivity contribution in [1.82, 2.24) is 14.6 Å². The minimum absolute atomic E-state index is 0.220. The van der Waals surface area contributed by atoms with Crippen LogP contribution in [0.3, 0.4) is 0 Å². The van der Waals surface area contributed by atoms with E-state index in [1.807, 2.05) is 0 Å². The molecule has 0 radical (unpaired) electrons. The van der Waals surface area contributed by atoms with Crippen LogP contribution < -0.4 is 20.9 Å². The van der Waals surface area contributed by atoms with Crippen molar-refractivity contribution in [2.45, 2.75) is 58.1 Å². The summed E-state index contributed by atoms with van der Waals surface area (Å²) in [5.74, 6) is 2.01. The van der Waals surface area contributed by atoms with E-state index >= 15 is 0 Å². The van der Waals surface area contributed by atoms with Crippen LogP contribution in [0.4, 0.5) is 0 Å². The number of para-hydroxylation sites is 1. The number of esters is 1. The molecule has 11 nitrogen and oxygen atoms in total. The van der Waals surface area contributed by atoms with Crippen LogP contribution in [0.1, 0.15) is 39.5 Å². The molecule has 3 rings (SSSR count). The van der Waals surface area contributed by atoms with Crippen LogP contribution in [0.5, 0.6) is 5.75 Å².